The minimum absolute atomic E-state index is 0.0268. The molecule has 0 aromatic heterocycles. The van der Waals surface area contributed by atoms with Gasteiger partial charge in [0.25, 0.3) is 0 Å². The maximum Gasteiger partial charge on any atom is 0.127 e. The summed E-state index contributed by atoms with van der Waals surface area (Å²) in [6, 6.07) is 1.70. The summed E-state index contributed by atoms with van der Waals surface area (Å²) in [5.74, 6) is 1.66. The van der Waals surface area contributed by atoms with Crippen molar-refractivity contribution >= 4 is 5.69 Å². The van der Waals surface area contributed by atoms with Crippen LogP contribution in [-0.4, -0.2) is 0 Å². The fourth-order valence-electron chi connectivity index (χ4n) is 3.23. The monoisotopic (exact) mass is 233 g/mol. The lowest BCUT2D eigenvalue weighted by molar-refractivity contribution is 0.582. The van der Waals surface area contributed by atoms with Gasteiger partial charge < -0.3 is 5.73 Å². The number of halogens is 1. The average molecular weight is 233 g/mol. The second-order valence-electron chi connectivity index (χ2n) is 5.96. The van der Waals surface area contributed by atoms with Gasteiger partial charge in [0.05, 0.1) is 0 Å². The molecule has 3 rings (SSSR count). The van der Waals surface area contributed by atoms with E-state index >= 15 is 0 Å². The fourth-order valence-corrected chi connectivity index (χ4v) is 3.23. The summed E-state index contributed by atoms with van der Waals surface area (Å²) >= 11 is 0. The Morgan fingerprint density at radius 3 is 2.59 bits per heavy atom. The molecule has 2 atom stereocenters. The minimum Gasteiger partial charge on any atom is -0.398 e. The molecule has 0 bridgehead atoms. The van der Waals surface area contributed by atoms with Crippen LogP contribution < -0.4 is 5.73 Å². The third kappa shape index (κ3) is 1.74. The number of hydrogen-bond acceptors (Lipinski definition) is 1. The first-order chi connectivity index (χ1) is 8.08. The van der Waals surface area contributed by atoms with Crippen LogP contribution in [0.25, 0.3) is 0 Å². The minimum atomic E-state index is -0.0268. The molecule has 2 heteroatoms. The average Bonchev–Trinajstić information content (AvgIpc) is 3.05. The first-order valence-corrected chi connectivity index (χ1v) is 6.67. The van der Waals surface area contributed by atoms with Crippen molar-refractivity contribution in [2.75, 3.05) is 5.73 Å². The molecule has 0 spiro atoms. The van der Waals surface area contributed by atoms with Gasteiger partial charge in [-0.05, 0) is 66.2 Å². The van der Waals surface area contributed by atoms with Crippen LogP contribution in [-0.2, 0) is 12.8 Å². The zero-order valence-electron chi connectivity index (χ0n) is 10.6. The molecular formula is C15H20FN. The molecule has 2 N–H and O–H groups in total. The molecule has 1 nitrogen and oxygen atoms in total. The third-order valence-electron chi connectivity index (χ3n) is 4.50. The Morgan fingerprint density at radius 1 is 1.29 bits per heavy atom. The highest BCUT2D eigenvalue weighted by Crippen LogP contribution is 2.46. The van der Waals surface area contributed by atoms with Crippen molar-refractivity contribution < 1.29 is 4.39 Å². The fraction of sp³-hybridized carbons (Fsp3) is 0.600. The maximum atomic E-state index is 14.1. The topological polar surface area (TPSA) is 26.0 Å². The molecule has 17 heavy (non-hydrogen) atoms. The first-order valence-electron chi connectivity index (χ1n) is 6.67. The highest BCUT2D eigenvalue weighted by molar-refractivity contribution is 5.60. The van der Waals surface area contributed by atoms with Crippen LogP contribution >= 0.6 is 0 Å². The van der Waals surface area contributed by atoms with Gasteiger partial charge in [0.1, 0.15) is 5.82 Å². The van der Waals surface area contributed by atoms with Gasteiger partial charge in [0, 0.05) is 5.69 Å². The first kappa shape index (κ1) is 11.1. The van der Waals surface area contributed by atoms with Crippen molar-refractivity contribution in [3.05, 3.63) is 28.6 Å². The van der Waals surface area contributed by atoms with Gasteiger partial charge in [-0.3, -0.25) is 0 Å². The van der Waals surface area contributed by atoms with Gasteiger partial charge in [-0.25, -0.2) is 4.39 Å². The predicted octanol–water partition coefficient (Wildman–Crippen LogP) is 3.66. The van der Waals surface area contributed by atoms with Gasteiger partial charge in [-0.15, -0.1) is 0 Å². The summed E-state index contributed by atoms with van der Waals surface area (Å²) in [4.78, 5) is 0. The highest BCUT2D eigenvalue weighted by Gasteiger charge is 2.33. The van der Waals surface area contributed by atoms with Crippen LogP contribution in [0.1, 0.15) is 49.3 Å². The smallest absolute Gasteiger partial charge is 0.127 e. The van der Waals surface area contributed by atoms with Crippen molar-refractivity contribution in [3.63, 3.8) is 0 Å². The molecule has 0 heterocycles. The van der Waals surface area contributed by atoms with E-state index in [2.05, 4.69) is 13.8 Å². The lowest BCUT2D eigenvalue weighted by Crippen LogP contribution is -2.06. The lowest BCUT2D eigenvalue weighted by atomic mass is 9.91. The number of benzene rings is 1. The van der Waals surface area contributed by atoms with Crippen LogP contribution in [0.15, 0.2) is 6.07 Å². The van der Waals surface area contributed by atoms with Crippen molar-refractivity contribution in [1.82, 2.24) is 0 Å². The number of hydrogen-bond donors (Lipinski definition) is 1. The number of nitrogen functional groups attached to an aromatic ring is 1. The van der Waals surface area contributed by atoms with Crippen LogP contribution in [0.2, 0.25) is 0 Å². The Balaban J connectivity index is 2.06. The molecule has 1 aromatic rings. The largest absolute Gasteiger partial charge is 0.398 e. The molecule has 0 saturated heterocycles. The van der Waals surface area contributed by atoms with Crippen molar-refractivity contribution in [2.24, 2.45) is 11.8 Å². The summed E-state index contributed by atoms with van der Waals surface area (Å²) in [6.07, 6.45) is 4.35. The van der Waals surface area contributed by atoms with E-state index in [9.17, 15) is 4.39 Å². The van der Waals surface area contributed by atoms with Gasteiger partial charge in [0.2, 0.25) is 0 Å². The van der Waals surface area contributed by atoms with Crippen LogP contribution in [0.5, 0.6) is 0 Å². The molecule has 2 aliphatic rings. The molecule has 2 unspecified atom stereocenters. The predicted molar refractivity (Wildman–Crippen MR) is 68.5 cm³/mol. The van der Waals surface area contributed by atoms with E-state index in [1.54, 1.807) is 6.07 Å². The van der Waals surface area contributed by atoms with Gasteiger partial charge in [-0.2, -0.15) is 0 Å². The second-order valence-corrected chi connectivity index (χ2v) is 5.96. The maximum absolute atomic E-state index is 14.1. The molecule has 2 aliphatic carbocycles. The summed E-state index contributed by atoms with van der Waals surface area (Å²) in [5.41, 5.74) is 10.2. The Morgan fingerprint density at radius 2 is 1.94 bits per heavy atom. The standard InChI is InChI=1S/C15H20FN/c1-8-5-12-13(6-8)15(17)11(7-14(12)16)9(2)10-3-4-10/h7-10H,3-6,17H2,1-2H3. The van der Waals surface area contributed by atoms with E-state index < -0.39 is 0 Å². The molecule has 92 valence electrons. The number of rotatable bonds is 2. The quantitative estimate of drug-likeness (QED) is 0.775. The summed E-state index contributed by atoms with van der Waals surface area (Å²) < 4.78 is 14.1. The highest BCUT2D eigenvalue weighted by atomic mass is 19.1. The van der Waals surface area contributed by atoms with E-state index in [0.29, 0.717) is 11.8 Å². The molecule has 0 amide bonds. The van der Waals surface area contributed by atoms with Crippen molar-refractivity contribution in [3.8, 4) is 0 Å². The second kappa shape index (κ2) is 3.72. The molecule has 1 fully saturated rings. The third-order valence-corrected chi connectivity index (χ3v) is 4.50. The lowest BCUT2D eigenvalue weighted by Gasteiger charge is -2.17. The molecule has 0 aliphatic heterocycles. The number of nitrogens with two attached hydrogens (primary N) is 1. The van der Waals surface area contributed by atoms with E-state index in [1.807, 2.05) is 0 Å². The zero-order chi connectivity index (χ0) is 12.2. The number of fused-ring (bicyclic) bond motifs is 1. The number of anilines is 1. The summed E-state index contributed by atoms with van der Waals surface area (Å²) in [5, 5.41) is 0. The molecule has 1 aromatic carbocycles. The Bertz CT molecular complexity index is 462. The normalized spacial score (nSPS) is 24.8. The molecule has 0 radical (unpaired) electrons. The van der Waals surface area contributed by atoms with E-state index in [4.69, 9.17) is 5.73 Å². The van der Waals surface area contributed by atoms with E-state index in [1.165, 1.54) is 12.8 Å². The van der Waals surface area contributed by atoms with E-state index in [0.717, 1.165) is 41.1 Å². The Kier molecular flexibility index (Phi) is 2.42. The van der Waals surface area contributed by atoms with E-state index in [-0.39, 0.29) is 5.82 Å². The molecule has 1 saturated carbocycles. The van der Waals surface area contributed by atoms with Crippen LogP contribution in [0.3, 0.4) is 0 Å². The Hall–Kier alpha value is -1.05. The van der Waals surface area contributed by atoms with Gasteiger partial charge in [-0.1, -0.05) is 13.8 Å². The molecular weight excluding hydrogens is 213 g/mol. The van der Waals surface area contributed by atoms with Crippen molar-refractivity contribution in [1.29, 1.82) is 0 Å². The van der Waals surface area contributed by atoms with Gasteiger partial charge >= 0.3 is 0 Å². The van der Waals surface area contributed by atoms with Crippen molar-refractivity contribution in [2.45, 2.75) is 45.4 Å². The van der Waals surface area contributed by atoms with Crippen LogP contribution in [0.4, 0.5) is 10.1 Å². The van der Waals surface area contributed by atoms with Crippen LogP contribution in [0, 0.1) is 17.7 Å². The summed E-state index contributed by atoms with van der Waals surface area (Å²) in [6.45, 7) is 4.36. The zero-order valence-corrected chi connectivity index (χ0v) is 10.6. The Labute approximate surface area is 102 Å². The SMILES string of the molecule is CC1Cc2c(F)cc(C(C)C3CC3)c(N)c2C1. The summed E-state index contributed by atoms with van der Waals surface area (Å²) in [7, 11) is 0. The van der Waals surface area contributed by atoms with Gasteiger partial charge in [0.15, 0.2) is 0 Å².